The van der Waals surface area contributed by atoms with E-state index in [2.05, 4.69) is 10.5 Å². The lowest BCUT2D eigenvalue weighted by Crippen LogP contribution is -2.17. The fraction of sp³-hybridized carbons (Fsp3) is 0.0667. The molecule has 2 aromatic rings. The number of hydrogen-bond donors (Lipinski definition) is 2. The molecule has 0 fully saturated rings. The number of rotatable bonds is 3. The lowest BCUT2D eigenvalue weighted by molar-refractivity contribution is -0.137. The van der Waals surface area contributed by atoms with Crippen molar-refractivity contribution in [2.24, 2.45) is 5.10 Å². The number of carbonyl (C=O) groups is 1. The Kier molecular flexibility index (Phi) is 4.90. The third-order valence-corrected chi connectivity index (χ3v) is 3.11. The van der Waals surface area contributed by atoms with Crippen LogP contribution in [0.2, 0.25) is 5.02 Å². The first-order chi connectivity index (χ1) is 10.8. The van der Waals surface area contributed by atoms with Gasteiger partial charge in [0.1, 0.15) is 5.75 Å². The van der Waals surface area contributed by atoms with Crippen LogP contribution in [0, 0.1) is 0 Å². The monoisotopic (exact) mass is 342 g/mol. The standard InChI is InChI=1S/C15H10ClF3N2O2/c16-12-7-11(15(17,18)19)6-10(13(12)22)8-20-21-14(23)9-4-2-1-3-5-9/h1-8,22H,(H,21,23)/b20-8+. The summed E-state index contributed by atoms with van der Waals surface area (Å²) in [4.78, 5) is 11.7. The van der Waals surface area contributed by atoms with Gasteiger partial charge in [0.2, 0.25) is 0 Å². The quantitative estimate of drug-likeness (QED) is 0.658. The summed E-state index contributed by atoms with van der Waals surface area (Å²) in [5.41, 5.74) is 1.18. The topological polar surface area (TPSA) is 61.7 Å². The van der Waals surface area contributed by atoms with E-state index >= 15 is 0 Å². The normalized spacial score (nSPS) is 11.7. The minimum Gasteiger partial charge on any atom is -0.506 e. The molecule has 0 saturated heterocycles. The van der Waals surface area contributed by atoms with Crippen molar-refractivity contribution in [2.45, 2.75) is 6.18 Å². The Morgan fingerprint density at radius 2 is 1.87 bits per heavy atom. The maximum atomic E-state index is 12.7. The van der Waals surface area contributed by atoms with Gasteiger partial charge in [-0.15, -0.1) is 0 Å². The number of aromatic hydroxyl groups is 1. The van der Waals surface area contributed by atoms with Crippen LogP contribution in [-0.4, -0.2) is 17.2 Å². The van der Waals surface area contributed by atoms with Gasteiger partial charge in [-0.05, 0) is 24.3 Å². The molecular formula is C15H10ClF3N2O2. The van der Waals surface area contributed by atoms with Crippen molar-refractivity contribution < 1.29 is 23.1 Å². The average molecular weight is 343 g/mol. The van der Waals surface area contributed by atoms with Gasteiger partial charge in [-0.25, -0.2) is 5.43 Å². The predicted molar refractivity (Wildman–Crippen MR) is 79.6 cm³/mol. The predicted octanol–water partition coefficient (Wildman–Crippen LogP) is 3.83. The smallest absolute Gasteiger partial charge is 0.416 e. The molecule has 23 heavy (non-hydrogen) atoms. The maximum Gasteiger partial charge on any atom is 0.416 e. The van der Waals surface area contributed by atoms with Crippen LogP contribution in [0.4, 0.5) is 13.2 Å². The average Bonchev–Trinajstić information content (AvgIpc) is 2.51. The first-order valence-electron chi connectivity index (χ1n) is 6.27. The molecule has 0 aromatic heterocycles. The Hall–Kier alpha value is -2.54. The summed E-state index contributed by atoms with van der Waals surface area (Å²) in [6, 6.07) is 9.40. The third kappa shape index (κ3) is 4.23. The van der Waals surface area contributed by atoms with Crippen molar-refractivity contribution in [1.29, 1.82) is 0 Å². The number of benzene rings is 2. The van der Waals surface area contributed by atoms with Crippen molar-refractivity contribution in [3.05, 3.63) is 64.2 Å². The van der Waals surface area contributed by atoms with Crippen LogP contribution in [0.5, 0.6) is 5.75 Å². The van der Waals surface area contributed by atoms with Crippen LogP contribution >= 0.6 is 11.6 Å². The second-order valence-corrected chi connectivity index (χ2v) is 4.87. The van der Waals surface area contributed by atoms with E-state index in [1.807, 2.05) is 0 Å². The number of nitrogens with one attached hydrogen (secondary N) is 1. The van der Waals surface area contributed by atoms with E-state index in [4.69, 9.17) is 11.6 Å². The molecule has 0 heterocycles. The number of carbonyl (C=O) groups excluding carboxylic acids is 1. The molecule has 0 saturated carbocycles. The molecule has 0 radical (unpaired) electrons. The Balaban J connectivity index is 2.19. The van der Waals surface area contributed by atoms with Crippen molar-refractivity contribution in [3.63, 3.8) is 0 Å². The van der Waals surface area contributed by atoms with Gasteiger partial charge >= 0.3 is 6.18 Å². The summed E-state index contributed by atoms with van der Waals surface area (Å²) in [7, 11) is 0. The summed E-state index contributed by atoms with van der Waals surface area (Å²) in [6.45, 7) is 0. The van der Waals surface area contributed by atoms with Crippen LogP contribution in [-0.2, 0) is 6.18 Å². The van der Waals surface area contributed by atoms with E-state index in [0.717, 1.165) is 6.21 Å². The molecule has 8 heteroatoms. The molecule has 0 spiro atoms. The molecule has 0 aliphatic rings. The molecule has 0 unspecified atom stereocenters. The minimum absolute atomic E-state index is 0.266. The Bertz CT molecular complexity index is 746. The van der Waals surface area contributed by atoms with E-state index in [1.54, 1.807) is 30.3 Å². The van der Waals surface area contributed by atoms with Gasteiger partial charge in [-0.3, -0.25) is 4.79 Å². The molecule has 0 bridgehead atoms. The highest BCUT2D eigenvalue weighted by Gasteiger charge is 2.32. The maximum absolute atomic E-state index is 12.7. The number of amides is 1. The number of phenols is 1. The lowest BCUT2D eigenvalue weighted by atomic mass is 10.1. The Morgan fingerprint density at radius 3 is 2.48 bits per heavy atom. The van der Waals surface area contributed by atoms with Crippen LogP contribution in [0.15, 0.2) is 47.6 Å². The summed E-state index contributed by atoms with van der Waals surface area (Å²) in [5, 5.41) is 12.7. The minimum atomic E-state index is -4.62. The fourth-order valence-corrected chi connectivity index (χ4v) is 1.92. The second-order valence-electron chi connectivity index (χ2n) is 4.46. The van der Waals surface area contributed by atoms with Gasteiger partial charge in [-0.2, -0.15) is 18.3 Å². The van der Waals surface area contributed by atoms with Crippen LogP contribution < -0.4 is 5.43 Å². The zero-order chi connectivity index (χ0) is 17.0. The molecule has 2 rings (SSSR count). The highest BCUT2D eigenvalue weighted by Crippen LogP contribution is 2.36. The van der Waals surface area contributed by atoms with Crippen molar-refractivity contribution >= 4 is 23.7 Å². The number of hydrogen-bond acceptors (Lipinski definition) is 3. The molecular weight excluding hydrogens is 333 g/mol. The number of alkyl halides is 3. The molecule has 120 valence electrons. The molecule has 0 aliphatic carbocycles. The van der Waals surface area contributed by atoms with E-state index in [9.17, 15) is 23.1 Å². The molecule has 2 aromatic carbocycles. The molecule has 1 amide bonds. The second kappa shape index (κ2) is 6.70. The van der Waals surface area contributed by atoms with Crippen LogP contribution in [0.1, 0.15) is 21.5 Å². The van der Waals surface area contributed by atoms with Crippen molar-refractivity contribution in [3.8, 4) is 5.75 Å². The van der Waals surface area contributed by atoms with Gasteiger partial charge in [0.15, 0.2) is 0 Å². The number of nitrogens with zero attached hydrogens (tertiary/aromatic N) is 1. The first kappa shape index (κ1) is 16.8. The largest absolute Gasteiger partial charge is 0.506 e. The molecule has 4 nitrogen and oxygen atoms in total. The van der Waals surface area contributed by atoms with Crippen molar-refractivity contribution in [2.75, 3.05) is 0 Å². The van der Waals surface area contributed by atoms with Gasteiger partial charge in [-0.1, -0.05) is 29.8 Å². The Labute approximate surface area is 134 Å². The molecule has 2 N–H and O–H groups in total. The van der Waals surface area contributed by atoms with Gasteiger partial charge < -0.3 is 5.11 Å². The van der Waals surface area contributed by atoms with Gasteiger partial charge in [0.05, 0.1) is 16.8 Å². The lowest BCUT2D eigenvalue weighted by Gasteiger charge is -2.09. The zero-order valence-corrected chi connectivity index (χ0v) is 12.2. The van der Waals surface area contributed by atoms with Crippen LogP contribution in [0.25, 0.3) is 0 Å². The molecule has 0 atom stereocenters. The van der Waals surface area contributed by atoms with Gasteiger partial charge in [0.25, 0.3) is 5.91 Å². The van der Waals surface area contributed by atoms with E-state index < -0.39 is 28.4 Å². The summed E-state index contributed by atoms with van der Waals surface area (Å²) < 4.78 is 38.1. The molecule has 0 aliphatic heterocycles. The van der Waals surface area contributed by atoms with E-state index in [0.29, 0.717) is 17.7 Å². The Morgan fingerprint density at radius 1 is 1.22 bits per heavy atom. The van der Waals surface area contributed by atoms with E-state index in [1.165, 1.54) is 0 Å². The highest BCUT2D eigenvalue weighted by molar-refractivity contribution is 6.32. The van der Waals surface area contributed by atoms with E-state index in [-0.39, 0.29) is 5.56 Å². The summed E-state index contributed by atoms with van der Waals surface area (Å²) in [5.74, 6) is -1.10. The highest BCUT2D eigenvalue weighted by atomic mass is 35.5. The number of halogens is 4. The fourth-order valence-electron chi connectivity index (χ4n) is 1.70. The summed E-state index contributed by atoms with van der Waals surface area (Å²) >= 11 is 5.56. The summed E-state index contributed by atoms with van der Waals surface area (Å²) in [6.07, 6.45) is -3.73. The first-order valence-corrected chi connectivity index (χ1v) is 6.65. The third-order valence-electron chi connectivity index (χ3n) is 2.83. The van der Waals surface area contributed by atoms with Gasteiger partial charge in [0, 0.05) is 11.1 Å². The van der Waals surface area contributed by atoms with Crippen molar-refractivity contribution in [1.82, 2.24) is 5.43 Å². The zero-order valence-electron chi connectivity index (χ0n) is 11.4. The van der Waals surface area contributed by atoms with Crippen LogP contribution in [0.3, 0.4) is 0 Å². The number of hydrazone groups is 1. The SMILES string of the molecule is O=C(N/N=C/c1cc(C(F)(F)F)cc(Cl)c1O)c1ccccc1. The number of phenolic OH excluding ortho intramolecular Hbond substituents is 1.